The zero-order valence-corrected chi connectivity index (χ0v) is 9.80. The van der Waals surface area contributed by atoms with Gasteiger partial charge in [0.2, 0.25) is 0 Å². The summed E-state index contributed by atoms with van der Waals surface area (Å²) in [5.74, 6) is -2.25. The van der Waals surface area contributed by atoms with Crippen LogP contribution in [0.3, 0.4) is 0 Å². The molecule has 0 radical (unpaired) electrons. The van der Waals surface area contributed by atoms with Crippen LogP contribution >= 0.6 is 0 Å². The van der Waals surface area contributed by atoms with Crippen LogP contribution < -0.4 is 0 Å². The minimum Gasteiger partial charge on any atom is -0.478 e. The first-order valence-electron chi connectivity index (χ1n) is 5.33. The molecule has 18 heavy (non-hydrogen) atoms. The number of carbonyl (C=O) groups excluding carboxylic acids is 1. The van der Waals surface area contributed by atoms with Gasteiger partial charge in [0.1, 0.15) is 11.9 Å². The van der Waals surface area contributed by atoms with Crippen molar-refractivity contribution in [2.45, 2.75) is 19.4 Å². The maximum Gasteiger partial charge on any atom is 0.331 e. The Labute approximate surface area is 104 Å². The van der Waals surface area contributed by atoms with Gasteiger partial charge in [-0.2, -0.15) is 0 Å². The first-order chi connectivity index (χ1) is 8.47. The van der Waals surface area contributed by atoms with Crippen molar-refractivity contribution in [1.29, 1.82) is 0 Å². The minimum atomic E-state index is -1.21. The third kappa shape index (κ3) is 5.25. The molecule has 0 aliphatic heterocycles. The third-order valence-corrected chi connectivity index (χ3v) is 2.12. The van der Waals surface area contributed by atoms with Crippen molar-refractivity contribution in [1.82, 2.24) is 0 Å². The minimum absolute atomic E-state index is 0.326. The number of hydrogen-bond donors (Lipinski definition) is 1. The average molecular weight is 252 g/mol. The van der Waals surface area contributed by atoms with Gasteiger partial charge >= 0.3 is 11.9 Å². The number of benzene rings is 1. The van der Waals surface area contributed by atoms with Crippen LogP contribution in [0, 0.1) is 5.82 Å². The molecule has 1 aromatic carbocycles. The summed E-state index contributed by atoms with van der Waals surface area (Å²) in [6, 6.07) is 5.86. The van der Waals surface area contributed by atoms with Gasteiger partial charge in [0.05, 0.1) is 0 Å². The average Bonchev–Trinajstić information content (AvgIpc) is 2.29. The van der Waals surface area contributed by atoms with E-state index < -0.39 is 18.0 Å². The van der Waals surface area contributed by atoms with Crippen molar-refractivity contribution in [3.63, 3.8) is 0 Å². The van der Waals surface area contributed by atoms with Crippen LogP contribution in [0.4, 0.5) is 4.39 Å². The van der Waals surface area contributed by atoms with E-state index in [0.717, 1.165) is 11.6 Å². The van der Waals surface area contributed by atoms with Gasteiger partial charge in [0, 0.05) is 18.6 Å². The second-order valence-corrected chi connectivity index (χ2v) is 3.75. The summed E-state index contributed by atoms with van der Waals surface area (Å²) in [6.45, 7) is 1.68. The molecule has 0 bridgehead atoms. The SMILES string of the molecule is CC(Cc1ccc(F)cc1)OC(=O)/C=C\C(=O)O. The van der Waals surface area contributed by atoms with E-state index in [1.807, 2.05) is 0 Å². The maximum atomic E-state index is 12.7. The lowest BCUT2D eigenvalue weighted by Crippen LogP contribution is -2.16. The van der Waals surface area contributed by atoms with Crippen LogP contribution in [0.5, 0.6) is 0 Å². The Morgan fingerprint density at radius 2 is 1.94 bits per heavy atom. The highest BCUT2D eigenvalue weighted by molar-refractivity contribution is 5.90. The fourth-order valence-electron chi connectivity index (χ4n) is 1.37. The molecule has 0 heterocycles. The van der Waals surface area contributed by atoms with Crippen LogP contribution in [-0.2, 0) is 20.7 Å². The van der Waals surface area contributed by atoms with Crippen molar-refractivity contribution in [3.05, 3.63) is 47.8 Å². The number of hydrogen-bond acceptors (Lipinski definition) is 3. The summed E-state index contributed by atoms with van der Waals surface area (Å²) in [7, 11) is 0. The fraction of sp³-hybridized carbons (Fsp3) is 0.231. The Bertz CT molecular complexity index is 451. The summed E-state index contributed by atoms with van der Waals surface area (Å²) < 4.78 is 17.6. The lowest BCUT2D eigenvalue weighted by atomic mass is 10.1. The van der Waals surface area contributed by atoms with Gasteiger partial charge in [-0.3, -0.25) is 0 Å². The highest BCUT2D eigenvalue weighted by Crippen LogP contribution is 2.08. The second-order valence-electron chi connectivity index (χ2n) is 3.75. The van der Waals surface area contributed by atoms with Crippen molar-refractivity contribution in [3.8, 4) is 0 Å². The predicted octanol–water partition coefficient (Wildman–Crippen LogP) is 1.94. The largest absolute Gasteiger partial charge is 0.478 e. The van der Waals surface area contributed by atoms with Gasteiger partial charge in [0.25, 0.3) is 0 Å². The lowest BCUT2D eigenvalue weighted by molar-refractivity contribution is -0.142. The number of aliphatic carboxylic acids is 1. The Morgan fingerprint density at radius 3 is 2.50 bits per heavy atom. The van der Waals surface area contributed by atoms with Gasteiger partial charge in [-0.05, 0) is 24.6 Å². The Hall–Kier alpha value is -2.17. The molecule has 0 spiro atoms. The number of esters is 1. The summed E-state index contributed by atoms with van der Waals surface area (Å²) in [5, 5.41) is 8.33. The fourth-order valence-corrected chi connectivity index (χ4v) is 1.37. The maximum absolute atomic E-state index is 12.7. The van der Waals surface area contributed by atoms with Crippen molar-refractivity contribution >= 4 is 11.9 Å². The molecule has 0 fully saturated rings. The number of ether oxygens (including phenoxy) is 1. The zero-order chi connectivity index (χ0) is 13.5. The number of carbonyl (C=O) groups is 2. The van der Waals surface area contributed by atoms with E-state index in [1.54, 1.807) is 19.1 Å². The Kier molecular flexibility index (Phi) is 5.05. The van der Waals surface area contributed by atoms with Crippen LogP contribution in [0.15, 0.2) is 36.4 Å². The van der Waals surface area contributed by atoms with Gasteiger partial charge in [-0.1, -0.05) is 12.1 Å². The quantitative estimate of drug-likeness (QED) is 0.642. The first kappa shape index (κ1) is 13.9. The van der Waals surface area contributed by atoms with E-state index in [2.05, 4.69) is 0 Å². The van der Waals surface area contributed by atoms with E-state index in [4.69, 9.17) is 9.84 Å². The molecular formula is C13H13FO4. The highest BCUT2D eigenvalue weighted by Gasteiger charge is 2.08. The third-order valence-electron chi connectivity index (χ3n) is 2.12. The molecule has 5 heteroatoms. The molecule has 0 aliphatic carbocycles. The van der Waals surface area contributed by atoms with Crippen molar-refractivity contribution in [2.24, 2.45) is 0 Å². The molecule has 1 aromatic rings. The summed E-state index contributed by atoms with van der Waals surface area (Å²) in [6.07, 6.45) is 1.59. The smallest absolute Gasteiger partial charge is 0.331 e. The molecule has 96 valence electrons. The number of halogens is 1. The van der Waals surface area contributed by atoms with E-state index in [1.165, 1.54) is 12.1 Å². The lowest BCUT2D eigenvalue weighted by Gasteiger charge is -2.11. The van der Waals surface area contributed by atoms with Crippen LogP contribution in [0.25, 0.3) is 0 Å². The van der Waals surface area contributed by atoms with Crippen molar-refractivity contribution < 1.29 is 23.8 Å². The van der Waals surface area contributed by atoms with Crippen LogP contribution in [0.2, 0.25) is 0 Å². The molecule has 0 saturated carbocycles. The van der Waals surface area contributed by atoms with Gasteiger partial charge < -0.3 is 9.84 Å². The van der Waals surface area contributed by atoms with Gasteiger partial charge in [0.15, 0.2) is 0 Å². The standard InChI is InChI=1S/C13H13FO4/c1-9(18-13(17)7-6-12(15)16)8-10-2-4-11(14)5-3-10/h2-7,9H,8H2,1H3,(H,15,16)/b7-6-. The first-order valence-corrected chi connectivity index (χ1v) is 5.33. The summed E-state index contributed by atoms with van der Waals surface area (Å²) >= 11 is 0. The van der Waals surface area contributed by atoms with Crippen LogP contribution in [0.1, 0.15) is 12.5 Å². The molecule has 0 amide bonds. The molecule has 0 aromatic heterocycles. The second kappa shape index (κ2) is 6.54. The Balaban J connectivity index is 2.46. The summed E-state index contributed by atoms with van der Waals surface area (Å²) in [5.41, 5.74) is 0.832. The number of rotatable bonds is 5. The topological polar surface area (TPSA) is 63.6 Å². The van der Waals surface area contributed by atoms with E-state index in [9.17, 15) is 14.0 Å². The monoisotopic (exact) mass is 252 g/mol. The van der Waals surface area contributed by atoms with Crippen molar-refractivity contribution in [2.75, 3.05) is 0 Å². The molecular weight excluding hydrogens is 239 g/mol. The number of carboxylic acid groups (broad SMARTS) is 1. The van der Waals surface area contributed by atoms with Gasteiger partial charge in [-0.25, -0.2) is 14.0 Å². The molecule has 1 rings (SSSR count). The van der Waals surface area contributed by atoms with E-state index >= 15 is 0 Å². The zero-order valence-electron chi connectivity index (χ0n) is 9.80. The molecule has 1 N–H and O–H groups in total. The molecule has 1 unspecified atom stereocenters. The molecule has 0 saturated heterocycles. The van der Waals surface area contributed by atoms with E-state index in [0.29, 0.717) is 12.5 Å². The normalized spacial score (nSPS) is 12.3. The van der Waals surface area contributed by atoms with Crippen LogP contribution in [-0.4, -0.2) is 23.1 Å². The molecule has 4 nitrogen and oxygen atoms in total. The molecule has 0 aliphatic rings. The van der Waals surface area contributed by atoms with Gasteiger partial charge in [-0.15, -0.1) is 0 Å². The molecule has 1 atom stereocenters. The highest BCUT2D eigenvalue weighted by atomic mass is 19.1. The summed E-state index contributed by atoms with van der Waals surface area (Å²) in [4.78, 5) is 21.4. The number of carboxylic acids is 1. The predicted molar refractivity (Wildman–Crippen MR) is 62.4 cm³/mol. The van der Waals surface area contributed by atoms with E-state index in [-0.39, 0.29) is 5.82 Å². The Morgan fingerprint density at radius 1 is 1.33 bits per heavy atom.